The zero-order valence-corrected chi connectivity index (χ0v) is 20.6. The number of aryl methyl sites for hydroxylation is 2. The van der Waals surface area contributed by atoms with Gasteiger partial charge in [0.25, 0.3) is 0 Å². The van der Waals surface area contributed by atoms with Crippen molar-refractivity contribution in [3.05, 3.63) is 35.5 Å². The number of likely N-dealkylation sites (N-methyl/N-ethyl adjacent to an activating group) is 1. The number of nitrogens with zero attached hydrogens (tertiary/aromatic N) is 5. The van der Waals surface area contributed by atoms with Crippen LogP contribution < -0.4 is 14.4 Å². The lowest BCUT2D eigenvalue weighted by Gasteiger charge is -2.32. The number of sulfonamides is 1. The molecule has 0 amide bonds. The molecule has 0 radical (unpaired) electrons. The Hall–Kier alpha value is -2.43. The second kappa shape index (κ2) is 9.82. The number of methoxy groups -OCH3 is 1. The predicted octanol–water partition coefficient (Wildman–Crippen LogP) is 2.09. The Balaban J connectivity index is 1.47. The third kappa shape index (κ3) is 5.07. The van der Waals surface area contributed by atoms with Gasteiger partial charge < -0.3 is 19.3 Å². The van der Waals surface area contributed by atoms with Gasteiger partial charge in [0.05, 0.1) is 18.0 Å². The SMILES string of the molecule is COc1cc(C)c(S(=O)(=O)N2CCC[C@H]2COc2ccnc(N3CCN(C)CC3)n2)c(C)c1. The first-order chi connectivity index (χ1) is 15.8. The van der Waals surface area contributed by atoms with Gasteiger partial charge in [-0.15, -0.1) is 0 Å². The van der Waals surface area contributed by atoms with Gasteiger partial charge in [0.2, 0.25) is 21.9 Å². The molecule has 0 unspecified atom stereocenters. The summed E-state index contributed by atoms with van der Waals surface area (Å²) >= 11 is 0. The van der Waals surface area contributed by atoms with E-state index in [0.29, 0.717) is 40.1 Å². The number of anilines is 1. The third-order valence-electron chi connectivity index (χ3n) is 6.39. The molecular weight excluding hydrogens is 442 g/mol. The van der Waals surface area contributed by atoms with Crippen molar-refractivity contribution in [2.45, 2.75) is 37.6 Å². The molecule has 0 aliphatic carbocycles. The molecule has 1 aromatic heterocycles. The van der Waals surface area contributed by atoms with E-state index in [1.54, 1.807) is 35.8 Å². The molecule has 0 bridgehead atoms. The molecule has 10 heteroatoms. The molecule has 2 aliphatic heterocycles. The highest BCUT2D eigenvalue weighted by Crippen LogP contribution is 2.32. The molecule has 180 valence electrons. The van der Waals surface area contributed by atoms with Crippen LogP contribution in [-0.4, -0.2) is 87.1 Å². The average Bonchev–Trinajstić information content (AvgIpc) is 3.27. The van der Waals surface area contributed by atoms with E-state index in [2.05, 4.69) is 26.8 Å². The topological polar surface area (TPSA) is 88.1 Å². The van der Waals surface area contributed by atoms with E-state index in [1.165, 1.54) is 0 Å². The monoisotopic (exact) mass is 475 g/mol. The van der Waals surface area contributed by atoms with Gasteiger partial charge in [0.1, 0.15) is 12.4 Å². The van der Waals surface area contributed by atoms with Crippen LogP contribution in [0, 0.1) is 13.8 Å². The highest BCUT2D eigenvalue weighted by atomic mass is 32.2. The maximum Gasteiger partial charge on any atom is 0.243 e. The molecular formula is C23H33N5O4S. The Kier molecular flexibility index (Phi) is 7.06. The Bertz CT molecular complexity index is 1060. The zero-order chi connectivity index (χ0) is 23.6. The fourth-order valence-corrected chi connectivity index (χ4v) is 6.69. The van der Waals surface area contributed by atoms with Crippen LogP contribution >= 0.6 is 0 Å². The van der Waals surface area contributed by atoms with Crippen LogP contribution in [0.15, 0.2) is 29.3 Å². The molecule has 2 aliphatic rings. The summed E-state index contributed by atoms with van der Waals surface area (Å²) in [6.45, 7) is 8.03. The van der Waals surface area contributed by atoms with Crippen molar-refractivity contribution in [2.75, 3.05) is 58.4 Å². The summed E-state index contributed by atoms with van der Waals surface area (Å²) in [6, 6.07) is 5.02. The lowest BCUT2D eigenvalue weighted by atomic mass is 10.1. The van der Waals surface area contributed by atoms with E-state index in [4.69, 9.17) is 9.47 Å². The number of hydrogen-bond acceptors (Lipinski definition) is 8. The summed E-state index contributed by atoms with van der Waals surface area (Å²) in [6.07, 6.45) is 3.25. The summed E-state index contributed by atoms with van der Waals surface area (Å²) < 4.78 is 40.0. The second-order valence-corrected chi connectivity index (χ2v) is 10.6. The number of benzene rings is 1. The van der Waals surface area contributed by atoms with Crippen molar-refractivity contribution < 1.29 is 17.9 Å². The van der Waals surface area contributed by atoms with E-state index >= 15 is 0 Å². The van der Waals surface area contributed by atoms with Crippen molar-refractivity contribution in [3.8, 4) is 11.6 Å². The summed E-state index contributed by atoms with van der Waals surface area (Å²) in [5.74, 6) is 1.78. The highest BCUT2D eigenvalue weighted by molar-refractivity contribution is 7.89. The lowest BCUT2D eigenvalue weighted by Crippen LogP contribution is -2.45. The number of ether oxygens (including phenoxy) is 2. The van der Waals surface area contributed by atoms with Crippen LogP contribution in [0.5, 0.6) is 11.6 Å². The predicted molar refractivity (Wildman–Crippen MR) is 127 cm³/mol. The van der Waals surface area contributed by atoms with Gasteiger partial charge in [0, 0.05) is 45.0 Å². The van der Waals surface area contributed by atoms with E-state index in [9.17, 15) is 8.42 Å². The second-order valence-electron chi connectivity index (χ2n) is 8.80. The van der Waals surface area contributed by atoms with Gasteiger partial charge in [-0.25, -0.2) is 13.4 Å². The Morgan fingerprint density at radius 1 is 1.09 bits per heavy atom. The first-order valence-electron chi connectivity index (χ1n) is 11.4. The molecule has 0 N–H and O–H groups in total. The van der Waals surface area contributed by atoms with Crippen LogP contribution in [0.1, 0.15) is 24.0 Å². The van der Waals surface area contributed by atoms with Gasteiger partial charge in [-0.3, -0.25) is 0 Å². The van der Waals surface area contributed by atoms with Crippen LogP contribution in [0.25, 0.3) is 0 Å². The van der Waals surface area contributed by atoms with E-state index in [1.807, 2.05) is 13.8 Å². The van der Waals surface area contributed by atoms with Crippen LogP contribution in [-0.2, 0) is 10.0 Å². The minimum atomic E-state index is -3.66. The summed E-state index contributed by atoms with van der Waals surface area (Å²) in [5, 5.41) is 0. The molecule has 0 spiro atoms. The van der Waals surface area contributed by atoms with Gasteiger partial charge in [-0.1, -0.05) is 0 Å². The van der Waals surface area contributed by atoms with Gasteiger partial charge in [-0.2, -0.15) is 9.29 Å². The Morgan fingerprint density at radius 2 is 1.79 bits per heavy atom. The average molecular weight is 476 g/mol. The molecule has 2 fully saturated rings. The number of hydrogen-bond donors (Lipinski definition) is 0. The fourth-order valence-electron chi connectivity index (χ4n) is 4.60. The molecule has 2 aromatic rings. The van der Waals surface area contributed by atoms with Crippen LogP contribution in [0.4, 0.5) is 5.95 Å². The number of piperazine rings is 1. The summed E-state index contributed by atoms with van der Waals surface area (Å²) in [4.78, 5) is 13.7. The number of aromatic nitrogens is 2. The fraction of sp³-hybridized carbons (Fsp3) is 0.565. The van der Waals surface area contributed by atoms with E-state index < -0.39 is 10.0 Å². The largest absolute Gasteiger partial charge is 0.497 e. The van der Waals surface area contributed by atoms with Gasteiger partial charge >= 0.3 is 0 Å². The van der Waals surface area contributed by atoms with Crippen LogP contribution in [0.3, 0.4) is 0 Å². The molecule has 4 rings (SSSR count). The van der Waals surface area contributed by atoms with Gasteiger partial charge in [0.15, 0.2) is 0 Å². The van der Waals surface area contributed by atoms with Crippen molar-refractivity contribution in [1.82, 2.24) is 19.2 Å². The molecule has 9 nitrogen and oxygen atoms in total. The lowest BCUT2D eigenvalue weighted by molar-refractivity contribution is 0.225. The zero-order valence-electron chi connectivity index (χ0n) is 19.8. The third-order valence-corrected chi connectivity index (χ3v) is 8.64. The first kappa shape index (κ1) is 23.7. The maximum atomic E-state index is 13.6. The molecule has 1 aromatic carbocycles. The van der Waals surface area contributed by atoms with Crippen LogP contribution in [0.2, 0.25) is 0 Å². The van der Waals surface area contributed by atoms with Crippen molar-refractivity contribution in [2.24, 2.45) is 0 Å². The standard InChI is InChI=1S/C23H33N5O4S/c1-17-14-20(31-4)15-18(2)22(17)33(29,30)28-9-5-6-19(28)16-32-21-7-8-24-23(25-21)27-12-10-26(3)11-13-27/h7-8,14-15,19H,5-6,9-13,16H2,1-4H3/t19-/m0/s1. The molecule has 3 heterocycles. The molecule has 2 saturated heterocycles. The highest BCUT2D eigenvalue weighted by Gasteiger charge is 2.37. The van der Waals surface area contributed by atoms with E-state index in [0.717, 1.165) is 39.0 Å². The van der Waals surface area contributed by atoms with Crippen molar-refractivity contribution >= 4 is 16.0 Å². The summed E-state index contributed by atoms with van der Waals surface area (Å²) in [5.41, 5.74) is 1.37. The molecule has 0 saturated carbocycles. The van der Waals surface area contributed by atoms with Crippen molar-refractivity contribution in [1.29, 1.82) is 0 Å². The Morgan fingerprint density at radius 3 is 2.45 bits per heavy atom. The summed E-state index contributed by atoms with van der Waals surface area (Å²) in [7, 11) is 0.0301. The quantitative estimate of drug-likeness (QED) is 0.602. The maximum absolute atomic E-state index is 13.6. The first-order valence-corrected chi connectivity index (χ1v) is 12.8. The minimum absolute atomic E-state index is 0.238. The van der Waals surface area contributed by atoms with E-state index in [-0.39, 0.29) is 12.6 Å². The normalized spacial score (nSPS) is 20.2. The number of rotatable bonds is 7. The van der Waals surface area contributed by atoms with Crippen molar-refractivity contribution in [3.63, 3.8) is 0 Å². The molecule has 1 atom stereocenters. The smallest absolute Gasteiger partial charge is 0.243 e. The Labute approximate surface area is 196 Å². The minimum Gasteiger partial charge on any atom is -0.497 e. The van der Waals surface area contributed by atoms with Gasteiger partial charge in [-0.05, 0) is 57.0 Å². The molecule has 33 heavy (non-hydrogen) atoms.